The highest BCUT2D eigenvalue weighted by molar-refractivity contribution is 6.11. The summed E-state index contributed by atoms with van der Waals surface area (Å²) in [5.74, 6) is -0.203. The number of ether oxygens (including phenoxy) is 2. The molecule has 2 aliphatic heterocycles. The van der Waals surface area contributed by atoms with Gasteiger partial charge in [0.05, 0.1) is 25.9 Å². The third-order valence-corrected chi connectivity index (χ3v) is 2.66. The van der Waals surface area contributed by atoms with Crippen LogP contribution in [0.15, 0.2) is 0 Å². The summed E-state index contributed by atoms with van der Waals surface area (Å²) in [6.07, 6.45) is -0.703. The molecule has 4 atom stereocenters. The van der Waals surface area contributed by atoms with E-state index in [4.69, 9.17) is 22.4 Å². The van der Waals surface area contributed by atoms with Gasteiger partial charge in [-0.1, -0.05) is 0 Å². The standard InChI is InChI=1S/C7H11BO4/c8-6-4-1-11-3-7(2-9,12-6)5(4)10/h4-6,9-10H,1-3H2/t4-,5?,6?,7-/m0/s1. The quantitative estimate of drug-likeness (QED) is 0.458. The Morgan fingerprint density at radius 3 is 2.92 bits per heavy atom. The van der Waals surface area contributed by atoms with Gasteiger partial charge in [-0.05, 0) is 0 Å². The first kappa shape index (κ1) is 8.50. The molecule has 2 fully saturated rings. The van der Waals surface area contributed by atoms with Gasteiger partial charge in [-0.15, -0.1) is 0 Å². The lowest BCUT2D eigenvalue weighted by Gasteiger charge is -2.34. The number of rotatable bonds is 1. The predicted molar refractivity (Wildman–Crippen MR) is 40.8 cm³/mol. The topological polar surface area (TPSA) is 58.9 Å². The van der Waals surface area contributed by atoms with E-state index in [-0.39, 0.29) is 19.1 Å². The first-order valence-electron chi connectivity index (χ1n) is 4.00. The molecule has 2 radical (unpaired) electrons. The van der Waals surface area contributed by atoms with E-state index in [2.05, 4.69) is 0 Å². The monoisotopic (exact) mass is 170 g/mol. The molecule has 2 saturated heterocycles. The van der Waals surface area contributed by atoms with Gasteiger partial charge in [0.1, 0.15) is 13.4 Å². The van der Waals surface area contributed by atoms with Crippen molar-refractivity contribution in [3.63, 3.8) is 0 Å². The van der Waals surface area contributed by atoms with E-state index in [0.29, 0.717) is 6.61 Å². The lowest BCUT2D eigenvalue weighted by atomic mass is 9.81. The van der Waals surface area contributed by atoms with Gasteiger partial charge in [0.2, 0.25) is 0 Å². The number of aliphatic hydroxyl groups is 2. The highest BCUT2D eigenvalue weighted by atomic mass is 16.6. The van der Waals surface area contributed by atoms with Crippen LogP contribution >= 0.6 is 0 Å². The fourth-order valence-electron chi connectivity index (χ4n) is 1.85. The first-order valence-corrected chi connectivity index (χ1v) is 4.00. The number of hydrogen-bond acceptors (Lipinski definition) is 4. The van der Waals surface area contributed by atoms with E-state index in [1.54, 1.807) is 0 Å². The Morgan fingerprint density at radius 1 is 1.58 bits per heavy atom. The van der Waals surface area contributed by atoms with Crippen molar-refractivity contribution in [2.75, 3.05) is 19.8 Å². The highest BCUT2D eigenvalue weighted by Crippen LogP contribution is 2.38. The Hall–Kier alpha value is -0.0951. The van der Waals surface area contributed by atoms with Crippen LogP contribution in [0.5, 0.6) is 0 Å². The van der Waals surface area contributed by atoms with Crippen LogP contribution in [0.4, 0.5) is 0 Å². The fourth-order valence-corrected chi connectivity index (χ4v) is 1.85. The van der Waals surface area contributed by atoms with Crippen molar-refractivity contribution in [1.29, 1.82) is 0 Å². The van der Waals surface area contributed by atoms with E-state index in [1.165, 1.54) is 0 Å². The van der Waals surface area contributed by atoms with Crippen LogP contribution in [0.3, 0.4) is 0 Å². The summed E-state index contributed by atoms with van der Waals surface area (Å²) in [7, 11) is 5.60. The second-order valence-electron chi connectivity index (χ2n) is 3.43. The average molecular weight is 170 g/mol. The Labute approximate surface area is 71.9 Å². The van der Waals surface area contributed by atoms with Crippen LogP contribution in [0.25, 0.3) is 0 Å². The van der Waals surface area contributed by atoms with Crippen molar-refractivity contribution in [3.05, 3.63) is 0 Å². The largest absolute Gasteiger partial charge is 0.393 e. The normalized spacial score (nSPS) is 52.7. The van der Waals surface area contributed by atoms with Crippen molar-refractivity contribution in [3.8, 4) is 0 Å². The molecule has 0 aromatic heterocycles. The van der Waals surface area contributed by atoms with E-state index in [1.807, 2.05) is 0 Å². The molecule has 0 aliphatic carbocycles. The van der Waals surface area contributed by atoms with Gasteiger partial charge in [0.25, 0.3) is 0 Å². The summed E-state index contributed by atoms with van der Waals surface area (Å²) in [6, 6.07) is -0.519. The zero-order chi connectivity index (χ0) is 8.77. The molecule has 12 heavy (non-hydrogen) atoms. The predicted octanol–water partition coefficient (Wildman–Crippen LogP) is -1.75. The summed E-state index contributed by atoms with van der Waals surface area (Å²) in [5.41, 5.74) is -0.970. The minimum Gasteiger partial charge on any atom is -0.393 e. The molecule has 0 amide bonds. The molecule has 2 heterocycles. The first-order chi connectivity index (χ1) is 5.69. The molecule has 0 aromatic carbocycles. The lowest BCUT2D eigenvalue weighted by Crippen LogP contribution is -2.52. The maximum absolute atomic E-state index is 9.68. The Morgan fingerprint density at radius 2 is 2.33 bits per heavy atom. The zero-order valence-corrected chi connectivity index (χ0v) is 6.64. The summed E-state index contributed by atoms with van der Waals surface area (Å²) in [4.78, 5) is 0. The van der Waals surface area contributed by atoms with Crippen molar-refractivity contribution >= 4 is 7.85 Å². The van der Waals surface area contributed by atoms with Gasteiger partial charge in [-0.3, -0.25) is 0 Å². The van der Waals surface area contributed by atoms with Gasteiger partial charge in [-0.25, -0.2) is 0 Å². The SMILES string of the molecule is [B]C1O[C@@]2(CO)COC[C@H]1C2O. The molecule has 0 saturated carbocycles. The molecule has 0 spiro atoms. The molecular formula is C7H11BO4. The smallest absolute Gasteiger partial charge is 0.140 e. The molecule has 66 valence electrons. The highest BCUT2D eigenvalue weighted by Gasteiger charge is 2.55. The zero-order valence-electron chi connectivity index (χ0n) is 6.64. The van der Waals surface area contributed by atoms with Crippen LogP contribution in [0.1, 0.15) is 0 Å². The molecule has 4 nitrogen and oxygen atoms in total. The average Bonchev–Trinajstić information content (AvgIpc) is 2.23. The molecule has 2 aliphatic rings. The number of hydrogen-bond donors (Lipinski definition) is 2. The van der Waals surface area contributed by atoms with Crippen LogP contribution < -0.4 is 0 Å². The number of aliphatic hydroxyl groups excluding tert-OH is 2. The third kappa shape index (κ3) is 0.940. The molecular weight excluding hydrogens is 159 g/mol. The van der Waals surface area contributed by atoms with Crippen molar-refractivity contribution < 1.29 is 19.7 Å². The Balaban J connectivity index is 2.24. The molecule has 5 heteroatoms. The van der Waals surface area contributed by atoms with Crippen molar-refractivity contribution in [2.45, 2.75) is 17.7 Å². The minimum absolute atomic E-state index is 0.203. The second-order valence-corrected chi connectivity index (χ2v) is 3.43. The van der Waals surface area contributed by atoms with Gasteiger partial charge in [0, 0.05) is 11.9 Å². The maximum Gasteiger partial charge on any atom is 0.140 e. The summed E-state index contributed by atoms with van der Waals surface area (Å²) >= 11 is 0. The summed E-state index contributed by atoms with van der Waals surface area (Å²) in [6.45, 7) is 0.372. The summed E-state index contributed by atoms with van der Waals surface area (Å²) < 4.78 is 10.5. The molecule has 2 N–H and O–H groups in total. The van der Waals surface area contributed by atoms with Gasteiger partial charge < -0.3 is 19.7 Å². The van der Waals surface area contributed by atoms with Crippen molar-refractivity contribution in [1.82, 2.24) is 0 Å². The van der Waals surface area contributed by atoms with Crippen LogP contribution in [-0.2, 0) is 9.47 Å². The Bertz CT molecular complexity index is 188. The molecule has 2 rings (SSSR count). The van der Waals surface area contributed by atoms with E-state index in [0.717, 1.165) is 0 Å². The number of fused-ring (bicyclic) bond motifs is 2. The van der Waals surface area contributed by atoms with E-state index >= 15 is 0 Å². The Kier molecular flexibility index (Phi) is 1.91. The lowest BCUT2D eigenvalue weighted by molar-refractivity contribution is -0.153. The second kappa shape index (κ2) is 2.70. The van der Waals surface area contributed by atoms with Crippen LogP contribution in [-0.4, -0.2) is 55.6 Å². The van der Waals surface area contributed by atoms with Gasteiger partial charge in [-0.2, -0.15) is 0 Å². The van der Waals surface area contributed by atoms with Gasteiger partial charge in [0.15, 0.2) is 0 Å². The maximum atomic E-state index is 9.68. The molecule has 2 unspecified atom stereocenters. The van der Waals surface area contributed by atoms with E-state index in [9.17, 15) is 5.11 Å². The van der Waals surface area contributed by atoms with Crippen LogP contribution in [0.2, 0.25) is 0 Å². The van der Waals surface area contributed by atoms with E-state index < -0.39 is 17.7 Å². The van der Waals surface area contributed by atoms with Crippen molar-refractivity contribution in [2.24, 2.45) is 5.92 Å². The fraction of sp³-hybridized carbons (Fsp3) is 1.00. The van der Waals surface area contributed by atoms with Crippen LogP contribution in [0, 0.1) is 5.92 Å². The van der Waals surface area contributed by atoms with Gasteiger partial charge >= 0.3 is 0 Å². The summed E-state index contributed by atoms with van der Waals surface area (Å²) in [5, 5.41) is 18.7. The molecule has 2 bridgehead atoms. The minimum atomic E-state index is -0.970. The molecule has 0 aromatic rings. The third-order valence-electron chi connectivity index (χ3n) is 2.66.